The third kappa shape index (κ3) is 5.15. The van der Waals surface area contributed by atoms with Gasteiger partial charge in [-0.2, -0.15) is 0 Å². The van der Waals surface area contributed by atoms with Crippen LogP contribution in [0, 0.1) is 13.8 Å². The molecule has 4 aromatic heterocycles. The van der Waals surface area contributed by atoms with Gasteiger partial charge in [-0.05, 0) is 49.2 Å². The number of hydrogen-bond acceptors (Lipinski definition) is 4. The van der Waals surface area contributed by atoms with Crippen LogP contribution in [0.1, 0.15) is 34.0 Å². The standard InChI is InChI=1S/C32H28N4O2/c1-23-17-27-29(19-25(23)21-35-13-7-3-8-14-35)37-31(33-27)11-5-6-12-32-34-28-18-24(2)26(20-30(28)38-32)22-36-15-9-4-10-16-36/h3-20H,21-22H2,1-2H3/q+2. The molecule has 2 aromatic carbocycles. The maximum atomic E-state index is 5.99. The number of allylic oxidation sites excluding steroid dienone is 2. The number of benzene rings is 2. The number of aryl methyl sites for hydroxylation is 2. The van der Waals surface area contributed by atoms with Gasteiger partial charge in [-0.25, -0.2) is 19.1 Å². The van der Waals surface area contributed by atoms with Crippen LogP contribution in [-0.2, 0) is 13.1 Å². The Bertz CT molecular complexity index is 1650. The van der Waals surface area contributed by atoms with Crippen molar-refractivity contribution < 1.29 is 18.0 Å². The molecule has 0 saturated heterocycles. The van der Waals surface area contributed by atoms with Gasteiger partial charge < -0.3 is 8.83 Å². The summed E-state index contributed by atoms with van der Waals surface area (Å²) >= 11 is 0. The van der Waals surface area contributed by atoms with Gasteiger partial charge in [0.15, 0.2) is 49.0 Å². The lowest BCUT2D eigenvalue weighted by atomic mass is 10.1. The first kappa shape index (κ1) is 23.6. The quantitative estimate of drug-likeness (QED) is 0.200. The van der Waals surface area contributed by atoms with E-state index in [2.05, 4.69) is 82.0 Å². The molecule has 0 atom stereocenters. The van der Waals surface area contributed by atoms with E-state index in [1.807, 2.05) is 60.7 Å². The predicted octanol–water partition coefficient (Wildman–Crippen LogP) is 5.98. The fraction of sp³-hybridized carbons (Fsp3) is 0.125. The number of fused-ring (bicyclic) bond motifs is 2. The zero-order valence-corrected chi connectivity index (χ0v) is 21.4. The Morgan fingerprint density at radius 2 is 1.03 bits per heavy atom. The van der Waals surface area contributed by atoms with Gasteiger partial charge >= 0.3 is 0 Å². The van der Waals surface area contributed by atoms with Gasteiger partial charge in [-0.1, -0.05) is 24.3 Å². The molecule has 6 nitrogen and oxygen atoms in total. The molecule has 6 rings (SSSR count). The Labute approximate surface area is 220 Å². The van der Waals surface area contributed by atoms with Crippen molar-refractivity contribution in [1.82, 2.24) is 9.97 Å². The molecule has 186 valence electrons. The van der Waals surface area contributed by atoms with Gasteiger partial charge in [0.2, 0.25) is 11.8 Å². The number of rotatable bonds is 7. The zero-order valence-electron chi connectivity index (χ0n) is 21.4. The van der Waals surface area contributed by atoms with E-state index in [4.69, 9.17) is 8.83 Å². The minimum absolute atomic E-state index is 0.560. The summed E-state index contributed by atoms with van der Waals surface area (Å²) in [7, 11) is 0. The smallest absolute Gasteiger partial charge is 0.219 e. The third-order valence-corrected chi connectivity index (χ3v) is 6.57. The van der Waals surface area contributed by atoms with Gasteiger partial charge in [0.05, 0.1) is 0 Å². The average molecular weight is 501 g/mol. The fourth-order valence-corrected chi connectivity index (χ4v) is 4.51. The van der Waals surface area contributed by atoms with E-state index in [-0.39, 0.29) is 0 Å². The molecule has 0 unspecified atom stereocenters. The van der Waals surface area contributed by atoms with Crippen LogP contribution < -0.4 is 9.13 Å². The van der Waals surface area contributed by atoms with Gasteiger partial charge in [0.25, 0.3) is 0 Å². The summed E-state index contributed by atoms with van der Waals surface area (Å²) in [6, 6.07) is 20.5. The first-order valence-electron chi connectivity index (χ1n) is 12.6. The lowest BCUT2D eigenvalue weighted by Crippen LogP contribution is -2.33. The summed E-state index contributed by atoms with van der Waals surface area (Å²) in [5.41, 5.74) is 8.06. The van der Waals surface area contributed by atoms with E-state index >= 15 is 0 Å². The van der Waals surface area contributed by atoms with Crippen molar-refractivity contribution in [2.45, 2.75) is 26.9 Å². The summed E-state index contributed by atoms with van der Waals surface area (Å²) in [6.07, 6.45) is 15.7. The number of nitrogens with zero attached hydrogens (tertiary/aromatic N) is 4. The molecule has 0 N–H and O–H groups in total. The number of pyridine rings is 2. The van der Waals surface area contributed by atoms with Gasteiger partial charge in [-0.15, -0.1) is 0 Å². The van der Waals surface area contributed by atoms with Crippen LogP contribution in [0.5, 0.6) is 0 Å². The molecule has 0 bridgehead atoms. The topological polar surface area (TPSA) is 59.8 Å². The van der Waals surface area contributed by atoms with Crippen molar-refractivity contribution in [3.05, 3.63) is 132 Å². The van der Waals surface area contributed by atoms with E-state index in [1.165, 1.54) is 22.3 Å². The maximum Gasteiger partial charge on any atom is 0.219 e. The number of hydrogen-bond donors (Lipinski definition) is 0. The molecule has 0 aliphatic rings. The number of aromatic nitrogens is 4. The van der Waals surface area contributed by atoms with Crippen LogP contribution in [-0.4, -0.2) is 9.97 Å². The highest BCUT2D eigenvalue weighted by atomic mass is 16.4. The van der Waals surface area contributed by atoms with Crippen LogP contribution in [0.2, 0.25) is 0 Å². The summed E-state index contributed by atoms with van der Waals surface area (Å²) in [5.74, 6) is 1.12. The molecule has 0 aliphatic carbocycles. The Kier molecular flexibility index (Phi) is 6.36. The zero-order chi connectivity index (χ0) is 25.9. The van der Waals surface area contributed by atoms with Crippen molar-refractivity contribution in [2.24, 2.45) is 0 Å². The highest BCUT2D eigenvalue weighted by Crippen LogP contribution is 2.23. The highest BCUT2D eigenvalue weighted by molar-refractivity contribution is 5.77. The van der Waals surface area contributed by atoms with Crippen LogP contribution in [0.25, 0.3) is 34.4 Å². The second-order valence-electron chi connectivity index (χ2n) is 9.41. The summed E-state index contributed by atoms with van der Waals surface area (Å²) in [4.78, 5) is 9.24. The minimum Gasteiger partial charge on any atom is -0.437 e. The first-order valence-corrected chi connectivity index (χ1v) is 12.6. The van der Waals surface area contributed by atoms with E-state index in [1.54, 1.807) is 0 Å². The van der Waals surface area contributed by atoms with E-state index in [0.717, 1.165) is 35.3 Å². The van der Waals surface area contributed by atoms with Gasteiger partial charge in [-0.3, -0.25) is 0 Å². The highest BCUT2D eigenvalue weighted by Gasteiger charge is 2.12. The molecule has 0 saturated carbocycles. The Morgan fingerprint density at radius 3 is 1.45 bits per heavy atom. The van der Waals surface area contributed by atoms with Crippen molar-refractivity contribution in [3.8, 4) is 0 Å². The van der Waals surface area contributed by atoms with Crippen LogP contribution in [0.4, 0.5) is 0 Å². The average Bonchev–Trinajstić information content (AvgIpc) is 3.50. The van der Waals surface area contributed by atoms with E-state index in [0.29, 0.717) is 11.8 Å². The molecule has 6 aromatic rings. The molecule has 38 heavy (non-hydrogen) atoms. The summed E-state index contributed by atoms with van der Waals surface area (Å²) < 4.78 is 16.3. The molecule has 0 fully saturated rings. The molecular formula is C32H28N4O2+2. The monoisotopic (exact) mass is 500 g/mol. The molecule has 0 amide bonds. The predicted molar refractivity (Wildman–Crippen MR) is 147 cm³/mol. The molecule has 4 heterocycles. The van der Waals surface area contributed by atoms with Crippen molar-refractivity contribution in [2.75, 3.05) is 0 Å². The second-order valence-corrected chi connectivity index (χ2v) is 9.41. The molecule has 0 aliphatic heterocycles. The van der Waals surface area contributed by atoms with E-state index < -0.39 is 0 Å². The fourth-order valence-electron chi connectivity index (χ4n) is 4.51. The van der Waals surface area contributed by atoms with Crippen LogP contribution >= 0.6 is 0 Å². The summed E-state index contributed by atoms with van der Waals surface area (Å²) in [5, 5.41) is 0. The molecule has 0 spiro atoms. The minimum atomic E-state index is 0.560. The summed E-state index contributed by atoms with van der Waals surface area (Å²) in [6.45, 7) is 5.79. The third-order valence-electron chi connectivity index (χ3n) is 6.57. The normalized spacial score (nSPS) is 11.9. The number of oxazole rings is 2. The Morgan fingerprint density at radius 1 is 0.605 bits per heavy atom. The molecule has 6 heteroatoms. The van der Waals surface area contributed by atoms with E-state index in [9.17, 15) is 0 Å². The largest absolute Gasteiger partial charge is 0.437 e. The van der Waals surface area contributed by atoms with Crippen molar-refractivity contribution >= 4 is 34.4 Å². The lowest BCUT2D eigenvalue weighted by Gasteiger charge is -2.02. The molecular weight excluding hydrogens is 472 g/mol. The Balaban J connectivity index is 1.17. The second kappa shape index (κ2) is 10.3. The van der Waals surface area contributed by atoms with Gasteiger partial charge in [0, 0.05) is 47.5 Å². The van der Waals surface area contributed by atoms with Crippen molar-refractivity contribution in [3.63, 3.8) is 0 Å². The first-order chi connectivity index (χ1) is 18.6. The molecule has 0 radical (unpaired) electrons. The van der Waals surface area contributed by atoms with Gasteiger partial charge in [0.1, 0.15) is 11.0 Å². The Hall–Kier alpha value is -4.84. The van der Waals surface area contributed by atoms with Crippen LogP contribution in [0.15, 0.2) is 106 Å². The SMILES string of the molecule is Cc1cc2nc(C=CC=Cc3nc4cc(C)c(C[n+]5ccccc5)cc4o3)oc2cc1C[n+]1ccccc1. The lowest BCUT2D eigenvalue weighted by molar-refractivity contribution is -0.688. The maximum absolute atomic E-state index is 5.99. The van der Waals surface area contributed by atoms with Crippen molar-refractivity contribution in [1.29, 1.82) is 0 Å². The van der Waals surface area contributed by atoms with Crippen LogP contribution in [0.3, 0.4) is 0 Å².